The minimum atomic E-state index is -1.12. The number of carboxylic acids is 2. The Morgan fingerprint density at radius 2 is 1.58 bits per heavy atom. The van der Waals surface area contributed by atoms with Crippen molar-refractivity contribution in [2.75, 3.05) is 24.7 Å². The Kier molecular flexibility index (Phi) is 8.70. The van der Waals surface area contributed by atoms with Crippen molar-refractivity contribution in [3.8, 4) is 5.75 Å². The summed E-state index contributed by atoms with van der Waals surface area (Å²) >= 11 is 0. The molecule has 0 aliphatic heterocycles. The second-order valence-electron chi connectivity index (χ2n) is 7.98. The molecule has 0 bridgehead atoms. The van der Waals surface area contributed by atoms with Crippen molar-refractivity contribution in [3.63, 3.8) is 0 Å². The monoisotopic (exact) mass is 494 g/mol. The summed E-state index contributed by atoms with van der Waals surface area (Å²) in [5.74, 6) is -1.68. The van der Waals surface area contributed by atoms with E-state index in [1.54, 1.807) is 62.6 Å². The maximum absolute atomic E-state index is 11.9. The van der Waals surface area contributed by atoms with Crippen LogP contribution >= 0.6 is 0 Å². The standard InChI is InChI=1S/C24H26N6O6/c1-30(2)24(35)36-17-10-8-15(9-11-17)12-19(21(33)34)28-23-26-14-25-22(29-23)27-18(13-20(31)32)16-6-4-3-5-7-16/h3-11,14,18-19H,12-13H2,1-2H3,(H,31,32)(H,33,34)(H2,25,26,27,28,29)/t18-,19+/m1/s1. The molecule has 1 aromatic heterocycles. The summed E-state index contributed by atoms with van der Waals surface area (Å²) in [7, 11) is 3.13. The van der Waals surface area contributed by atoms with Crippen LogP contribution in [-0.2, 0) is 16.0 Å². The third-order valence-corrected chi connectivity index (χ3v) is 4.99. The lowest BCUT2D eigenvalue weighted by Gasteiger charge is -2.18. The van der Waals surface area contributed by atoms with Crippen LogP contribution in [0.3, 0.4) is 0 Å². The number of rotatable bonds is 11. The van der Waals surface area contributed by atoms with Crippen molar-refractivity contribution in [2.45, 2.75) is 24.9 Å². The highest BCUT2D eigenvalue weighted by Crippen LogP contribution is 2.21. The van der Waals surface area contributed by atoms with Gasteiger partial charge in [-0.1, -0.05) is 42.5 Å². The molecule has 0 spiro atoms. The van der Waals surface area contributed by atoms with E-state index >= 15 is 0 Å². The third-order valence-electron chi connectivity index (χ3n) is 4.99. The Bertz CT molecular complexity index is 1190. The van der Waals surface area contributed by atoms with Gasteiger partial charge < -0.3 is 30.5 Å². The van der Waals surface area contributed by atoms with Gasteiger partial charge in [-0.2, -0.15) is 4.98 Å². The van der Waals surface area contributed by atoms with Gasteiger partial charge in [0.1, 0.15) is 18.1 Å². The predicted octanol–water partition coefficient (Wildman–Crippen LogP) is 2.67. The fraction of sp³-hybridized carbons (Fsp3) is 0.250. The zero-order valence-corrected chi connectivity index (χ0v) is 19.7. The maximum Gasteiger partial charge on any atom is 0.414 e. The third kappa shape index (κ3) is 7.65. The lowest BCUT2D eigenvalue weighted by molar-refractivity contribution is -0.138. The molecule has 0 aliphatic carbocycles. The first kappa shape index (κ1) is 25.9. The van der Waals surface area contributed by atoms with Gasteiger partial charge in [0.2, 0.25) is 11.9 Å². The summed E-state index contributed by atoms with van der Waals surface area (Å²) in [4.78, 5) is 48.4. The van der Waals surface area contributed by atoms with Gasteiger partial charge in [-0.25, -0.2) is 19.6 Å². The van der Waals surface area contributed by atoms with Crippen LogP contribution in [0.5, 0.6) is 5.75 Å². The van der Waals surface area contributed by atoms with Gasteiger partial charge in [-0.3, -0.25) is 4.79 Å². The van der Waals surface area contributed by atoms with Crippen molar-refractivity contribution in [1.82, 2.24) is 19.9 Å². The van der Waals surface area contributed by atoms with Gasteiger partial charge in [0.25, 0.3) is 0 Å². The molecule has 2 atom stereocenters. The quantitative estimate of drug-likeness (QED) is 0.309. The molecule has 0 radical (unpaired) electrons. The maximum atomic E-state index is 11.9. The molecule has 1 amide bonds. The Labute approximate surface area is 207 Å². The molecular weight excluding hydrogens is 468 g/mol. The molecule has 3 aromatic rings. The van der Waals surface area contributed by atoms with Crippen LogP contribution in [0, 0.1) is 0 Å². The van der Waals surface area contributed by atoms with Gasteiger partial charge >= 0.3 is 18.0 Å². The zero-order valence-electron chi connectivity index (χ0n) is 19.7. The molecule has 1 heterocycles. The van der Waals surface area contributed by atoms with Crippen LogP contribution in [0.25, 0.3) is 0 Å². The first-order valence-electron chi connectivity index (χ1n) is 10.9. The van der Waals surface area contributed by atoms with E-state index in [9.17, 15) is 24.6 Å². The van der Waals surface area contributed by atoms with E-state index < -0.39 is 30.1 Å². The second kappa shape index (κ2) is 12.1. The first-order valence-corrected chi connectivity index (χ1v) is 10.9. The lowest BCUT2D eigenvalue weighted by atomic mass is 10.0. The molecule has 188 valence electrons. The number of aliphatic carboxylic acids is 2. The number of aromatic nitrogens is 3. The molecule has 12 nitrogen and oxygen atoms in total. The fourth-order valence-electron chi connectivity index (χ4n) is 3.18. The summed E-state index contributed by atoms with van der Waals surface area (Å²) < 4.78 is 5.16. The number of hydrogen-bond acceptors (Lipinski definition) is 9. The largest absolute Gasteiger partial charge is 0.481 e. The fourth-order valence-corrected chi connectivity index (χ4v) is 3.18. The van der Waals surface area contributed by atoms with E-state index in [1.165, 1.54) is 11.2 Å². The molecule has 0 fully saturated rings. The van der Waals surface area contributed by atoms with Crippen LogP contribution in [0.4, 0.5) is 16.7 Å². The van der Waals surface area contributed by atoms with E-state index in [2.05, 4.69) is 25.6 Å². The van der Waals surface area contributed by atoms with Crippen molar-refractivity contribution < 1.29 is 29.3 Å². The molecule has 0 unspecified atom stereocenters. The molecule has 2 aromatic carbocycles. The number of benzene rings is 2. The number of nitrogens with one attached hydrogen (secondary N) is 2. The number of amides is 1. The molecule has 0 saturated carbocycles. The molecule has 36 heavy (non-hydrogen) atoms. The van der Waals surface area contributed by atoms with Gasteiger partial charge in [0, 0.05) is 20.5 Å². The summed E-state index contributed by atoms with van der Waals surface area (Å²) in [6.07, 6.45) is 0.561. The minimum Gasteiger partial charge on any atom is -0.481 e. The van der Waals surface area contributed by atoms with Crippen LogP contribution in [0.2, 0.25) is 0 Å². The lowest BCUT2D eigenvalue weighted by Crippen LogP contribution is -2.32. The Balaban J connectivity index is 1.70. The van der Waals surface area contributed by atoms with Crippen LogP contribution in [0.1, 0.15) is 23.6 Å². The summed E-state index contributed by atoms with van der Waals surface area (Å²) in [5.41, 5.74) is 1.41. The highest BCUT2D eigenvalue weighted by molar-refractivity contribution is 5.77. The molecular formula is C24H26N6O6. The van der Waals surface area contributed by atoms with Crippen molar-refractivity contribution >= 4 is 29.9 Å². The SMILES string of the molecule is CN(C)C(=O)Oc1ccc(C[C@H](Nc2ncnc(N[C@H](CC(=O)O)c3ccccc3)n2)C(=O)O)cc1. The highest BCUT2D eigenvalue weighted by atomic mass is 16.6. The van der Waals surface area contributed by atoms with Gasteiger partial charge in [0.05, 0.1) is 12.5 Å². The molecule has 3 rings (SSSR count). The van der Waals surface area contributed by atoms with Crippen LogP contribution < -0.4 is 15.4 Å². The van der Waals surface area contributed by atoms with Crippen molar-refractivity contribution in [2.24, 2.45) is 0 Å². The van der Waals surface area contributed by atoms with Crippen LogP contribution in [-0.4, -0.2) is 68.2 Å². The summed E-state index contributed by atoms with van der Waals surface area (Å²) in [5, 5.41) is 24.7. The van der Waals surface area contributed by atoms with E-state index in [0.717, 1.165) is 5.56 Å². The molecule has 0 saturated heterocycles. The number of anilines is 2. The first-order chi connectivity index (χ1) is 17.2. The average Bonchev–Trinajstić information content (AvgIpc) is 2.84. The van der Waals surface area contributed by atoms with E-state index in [4.69, 9.17) is 4.74 Å². The number of hydrogen-bond donors (Lipinski definition) is 4. The number of carboxylic acid groups (broad SMARTS) is 2. The van der Waals surface area contributed by atoms with E-state index in [1.807, 2.05) is 6.07 Å². The smallest absolute Gasteiger partial charge is 0.414 e. The zero-order chi connectivity index (χ0) is 26.1. The average molecular weight is 495 g/mol. The Morgan fingerprint density at radius 3 is 2.17 bits per heavy atom. The summed E-state index contributed by atoms with van der Waals surface area (Å²) in [6.45, 7) is 0. The molecule has 12 heteroatoms. The molecule has 0 aliphatic rings. The normalized spacial score (nSPS) is 12.2. The Morgan fingerprint density at radius 1 is 0.944 bits per heavy atom. The Hall–Kier alpha value is -4.74. The number of nitrogens with zero attached hydrogens (tertiary/aromatic N) is 4. The van der Waals surface area contributed by atoms with Gasteiger partial charge in [-0.05, 0) is 23.3 Å². The van der Waals surface area contributed by atoms with Gasteiger partial charge in [-0.15, -0.1) is 0 Å². The number of ether oxygens (including phenoxy) is 1. The van der Waals surface area contributed by atoms with Crippen molar-refractivity contribution in [1.29, 1.82) is 0 Å². The predicted molar refractivity (Wildman–Crippen MR) is 130 cm³/mol. The van der Waals surface area contributed by atoms with E-state index in [0.29, 0.717) is 11.3 Å². The second-order valence-corrected chi connectivity index (χ2v) is 7.98. The minimum absolute atomic E-state index is 0.0126. The topological polar surface area (TPSA) is 167 Å². The van der Waals surface area contributed by atoms with Gasteiger partial charge in [0.15, 0.2) is 0 Å². The van der Waals surface area contributed by atoms with Crippen molar-refractivity contribution in [3.05, 3.63) is 72.1 Å². The highest BCUT2D eigenvalue weighted by Gasteiger charge is 2.21. The van der Waals surface area contributed by atoms with Crippen LogP contribution in [0.15, 0.2) is 60.9 Å². The summed E-state index contributed by atoms with van der Waals surface area (Å²) in [6, 6.07) is 13.8. The molecule has 4 N–H and O–H groups in total. The number of carbonyl (C=O) groups is 3. The van der Waals surface area contributed by atoms with E-state index in [-0.39, 0.29) is 24.7 Å². The number of carbonyl (C=O) groups excluding carboxylic acids is 1.